The summed E-state index contributed by atoms with van der Waals surface area (Å²) in [5.74, 6) is 1.57. The number of ether oxygens (including phenoxy) is 3. The third kappa shape index (κ3) is 4.94. The third-order valence-corrected chi connectivity index (χ3v) is 2.48. The van der Waals surface area contributed by atoms with E-state index in [9.17, 15) is 0 Å². The van der Waals surface area contributed by atoms with Crippen molar-refractivity contribution in [1.29, 1.82) is 0 Å². The monoisotopic (exact) mass is 253 g/mol. The summed E-state index contributed by atoms with van der Waals surface area (Å²) in [4.78, 5) is 0. The standard InChI is InChI=1S/C14H23NO3/c1-4-17-9-8-15-11-12-6-7-13(18-5-2)14(10-12)16-3/h6-7,10,15H,4-5,8-9,11H2,1-3H3. The van der Waals surface area contributed by atoms with Crippen LogP contribution in [0.4, 0.5) is 0 Å². The molecule has 1 aromatic carbocycles. The topological polar surface area (TPSA) is 39.7 Å². The number of rotatable bonds is 9. The number of hydrogen-bond donors (Lipinski definition) is 1. The molecule has 0 radical (unpaired) electrons. The molecule has 0 saturated carbocycles. The van der Waals surface area contributed by atoms with Gasteiger partial charge in [-0.05, 0) is 31.5 Å². The van der Waals surface area contributed by atoms with Crippen molar-refractivity contribution in [3.63, 3.8) is 0 Å². The molecule has 0 unspecified atom stereocenters. The molecule has 0 amide bonds. The van der Waals surface area contributed by atoms with Crippen molar-refractivity contribution in [2.24, 2.45) is 0 Å². The molecule has 102 valence electrons. The van der Waals surface area contributed by atoms with Crippen LogP contribution in [0.3, 0.4) is 0 Å². The lowest BCUT2D eigenvalue weighted by Crippen LogP contribution is -2.19. The zero-order valence-corrected chi connectivity index (χ0v) is 11.5. The molecule has 18 heavy (non-hydrogen) atoms. The van der Waals surface area contributed by atoms with Gasteiger partial charge in [-0.25, -0.2) is 0 Å². The van der Waals surface area contributed by atoms with Gasteiger partial charge in [0.15, 0.2) is 11.5 Å². The Balaban J connectivity index is 2.46. The van der Waals surface area contributed by atoms with E-state index in [0.29, 0.717) is 6.61 Å². The lowest BCUT2D eigenvalue weighted by Gasteiger charge is -2.11. The van der Waals surface area contributed by atoms with Crippen molar-refractivity contribution in [3.05, 3.63) is 23.8 Å². The summed E-state index contributed by atoms with van der Waals surface area (Å²) in [5, 5.41) is 3.32. The Labute approximate surface area is 109 Å². The van der Waals surface area contributed by atoms with E-state index in [1.165, 1.54) is 5.56 Å². The van der Waals surface area contributed by atoms with Gasteiger partial charge in [0.05, 0.1) is 20.3 Å². The number of methoxy groups -OCH3 is 1. The third-order valence-electron chi connectivity index (χ3n) is 2.48. The van der Waals surface area contributed by atoms with E-state index in [1.54, 1.807) is 7.11 Å². The van der Waals surface area contributed by atoms with Crippen LogP contribution < -0.4 is 14.8 Å². The quantitative estimate of drug-likeness (QED) is 0.685. The first kappa shape index (κ1) is 14.8. The average Bonchev–Trinajstić information content (AvgIpc) is 2.40. The maximum Gasteiger partial charge on any atom is 0.161 e. The first-order chi connectivity index (χ1) is 8.81. The normalized spacial score (nSPS) is 10.4. The number of nitrogens with one attached hydrogen (secondary N) is 1. The highest BCUT2D eigenvalue weighted by Crippen LogP contribution is 2.27. The second-order valence-electron chi connectivity index (χ2n) is 3.79. The summed E-state index contributed by atoms with van der Waals surface area (Å²) < 4.78 is 16.0. The molecule has 0 atom stereocenters. The van der Waals surface area contributed by atoms with Gasteiger partial charge in [0.1, 0.15) is 0 Å². The first-order valence-electron chi connectivity index (χ1n) is 6.40. The van der Waals surface area contributed by atoms with E-state index in [-0.39, 0.29) is 0 Å². The van der Waals surface area contributed by atoms with Crippen molar-refractivity contribution in [2.75, 3.05) is 33.5 Å². The maximum absolute atomic E-state index is 5.48. The van der Waals surface area contributed by atoms with Crippen molar-refractivity contribution >= 4 is 0 Å². The van der Waals surface area contributed by atoms with Crippen LogP contribution in [0.2, 0.25) is 0 Å². The molecule has 4 nitrogen and oxygen atoms in total. The Morgan fingerprint density at radius 2 is 1.94 bits per heavy atom. The zero-order valence-electron chi connectivity index (χ0n) is 11.5. The van der Waals surface area contributed by atoms with Crippen LogP contribution in [0, 0.1) is 0 Å². The summed E-state index contributed by atoms with van der Waals surface area (Å²) in [6.07, 6.45) is 0. The summed E-state index contributed by atoms with van der Waals surface area (Å²) in [6, 6.07) is 5.99. The number of hydrogen-bond acceptors (Lipinski definition) is 4. The molecular formula is C14H23NO3. The SMILES string of the molecule is CCOCCNCc1ccc(OCC)c(OC)c1. The summed E-state index contributed by atoms with van der Waals surface area (Å²) in [7, 11) is 1.66. The summed E-state index contributed by atoms with van der Waals surface area (Å²) >= 11 is 0. The highest BCUT2D eigenvalue weighted by Gasteiger charge is 2.04. The minimum absolute atomic E-state index is 0.641. The Morgan fingerprint density at radius 1 is 1.11 bits per heavy atom. The molecule has 0 aliphatic rings. The highest BCUT2D eigenvalue weighted by atomic mass is 16.5. The fraction of sp³-hybridized carbons (Fsp3) is 0.571. The molecule has 0 fully saturated rings. The van der Waals surface area contributed by atoms with Gasteiger partial charge in [-0.15, -0.1) is 0 Å². The van der Waals surface area contributed by atoms with Gasteiger partial charge >= 0.3 is 0 Å². The summed E-state index contributed by atoms with van der Waals surface area (Å²) in [5.41, 5.74) is 1.17. The van der Waals surface area contributed by atoms with Crippen molar-refractivity contribution in [1.82, 2.24) is 5.32 Å². The molecular weight excluding hydrogens is 230 g/mol. The van der Waals surface area contributed by atoms with Crippen LogP contribution in [0.5, 0.6) is 11.5 Å². The van der Waals surface area contributed by atoms with Crippen molar-refractivity contribution < 1.29 is 14.2 Å². The molecule has 0 aromatic heterocycles. The van der Waals surface area contributed by atoms with E-state index in [2.05, 4.69) is 5.32 Å². The van der Waals surface area contributed by atoms with Gasteiger partial charge in [0.2, 0.25) is 0 Å². The molecule has 4 heteroatoms. The Bertz CT molecular complexity index is 342. The molecule has 1 rings (SSSR count). The van der Waals surface area contributed by atoms with Gasteiger partial charge in [0, 0.05) is 19.7 Å². The average molecular weight is 253 g/mol. The smallest absolute Gasteiger partial charge is 0.161 e. The second kappa shape index (κ2) is 8.78. The van der Waals surface area contributed by atoms with E-state index in [4.69, 9.17) is 14.2 Å². The Hall–Kier alpha value is -1.26. The van der Waals surface area contributed by atoms with Gasteiger partial charge in [-0.3, -0.25) is 0 Å². The van der Waals surface area contributed by atoms with Crippen molar-refractivity contribution in [2.45, 2.75) is 20.4 Å². The second-order valence-corrected chi connectivity index (χ2v) is 3.79. The van der Waals surface area contributed by atoms with Crippen LogP contribution in [-0.2, 0) is 11.3 Å². The lowest BCUT2D eigenvalue weighted by molar-refractivity contribution is 0.149. The molecule has 0 bridgehead atoms. The molecule has 0 saturated heterocycles. The first-order valence-corrected chi connectivity index (χ1v) is 6.40. The minimum atomic E-state index is 0.641. The van der Waals surface area contributed by atoms with Crippen LogP contribution in [0.15, 0.2) is 18.2 Å². The Kier molecular flexibility index (Phi) is 7.22. The predicted molar refractivity (Wildman–Crippen MR) is 72.4 cm³/mol. The molecule has 1 N–H and O–H groups in total. The maximum atomic E-state index is 5.48. The van der Waals surface area contributed by atoms with Crippen LogP contribution in [0.25, 0.3) is 0 Å². The van der Waals surface area contributed by atoms with Crippen molar-refractivity contribution in [3.8, 4) is 11.5 Å². The van der Waals surface area contributed by atoms with Gasteiger partial charge in [-0.1, -0.05) is 6.07 Å². The van der Waals surface area contributed by atoms with Gasteiger partial charge < -0.3 is 19.5 Å². The lowest BCUT2D eigenvalue weighted by atomic mass is 10.2. The van der Waals surface area contributed by atoms with E-state index >= 15 is 0 Å². The highest BCUT2D eigenvalue weighted by molar-refractivity contribution is 5.42. The molecule has 1 aromatic rings. The molecule has 0 spiro atoms. The molecule has 0 aliphatic carbocycles. The van der Waals surface area contributed by atoms with E-state index in [1.807, 2.05) is 32.0 Å². The fourth-order valence-electron chi connectivity index (χ4n) is 1.62. The fourth-order valence-corrected chi connectivity index (χ4v) is 1.62. The van der Waals surface area contributed by atoms with E-state index in [0.717, 1.165) is 37.8 Å². The Morgan fingerprint density at radius 3 is 2.61 bits per heavy atom. The van der Waals surface area contributed by atoms with E-state index < -0.39 is 0 Å². The molecule has 0 aliphatic heterocycles. The molecule has 0 heterocycles. The largest absolute Gasteiger partial charge is 0.493 e. The van der Waals surface area contributed by atoms with Crippen LogP contribution in [0.1, 0.15) is 19.4 Å². The van der Waals surface area contributed by atoms with Gasteiger partial charge in [-0.2, -0.15) is 0 Å². The minimum Gasteiger partial charge on any atom is -0.493 e. The summed E-state index contributed by atoms with van der Waals surface area (Å²) in [6.45, 7) is 7.75. The number of benzene rings is 1. The van der Waals surface area contributed by atoms with Crippen LogP contribution in [-0.4, -0.2) is 33.5 Å². The van der Waals surface area contributed by atoms with Crippen LogP contribution >= 0.6 is 0 Å². The zero-order chi connectivity index (χ0) is 13.2. The predicted octanol–water partition coefficient (Wildman–Crippen LogP) is 2.22. The van der Waals surface area contributed by atoms with Gasteiger partial charge in [0.25, 0.3) is 0 Å².